The van der Waals surface area contributed by atoms with E-state index in [0.29, 0.717) is 21.5 Å². The first-order valence-corrected chi connectivity index (χ1v) is 11.0. The number of benzene rings is 2. The van der Waals surface area contributed by atoms with Crippen molar-refractivity contribution < 1.29 is 22.7 Å². The number of rotatable bonds is 6. The molecule has 29 heavy (non-hydrogen) atoms. The molecular formula is C19H20Cl2N2O5S. The van der Waals surface area contributed by atoms with Gasteiger partial charge in [0.15, 0.2) is 6.61 Å². The third kappa shape index (κ3) is 5.14. The Labute approximate surface area is 179 Å². The number of carbonyl (C=O) groups is 1. The van der Waals surface area contributed by atoms with E-state index >= 15 is 0 Å². The van der Waals surface area contributed by atoms with Gasteiger partial charge < -0.3 is 14.4 Å². The van der Waals surface area contributed by atoms with Gasteiger partial charge in [-0.05, 0) is 36.4 Å². The first kappa shape index (κ1) is 21.7. The highest BCUT2D eigenvalue weighted by molar-refractivity contribution is 7.89. The molecular weight excluding hydrogens is 439 g/mol. The molecule has 0 bridgehead atoms. The second kappa shape index (κ2) is 9.21. The van der Waals surface area contributed by atoms with E-state index in [1.165, 1.54) is 29.6 Å². The summed E-state index contributed by atoms with van der Waals surface area (Å²) in [5.41, 5.74) is 0. The van der Waals surface area contributed by atoms with E-state index in [2.05, 4.69) is 0 Å². The Morgan fingerprint density at radius 1 is 1.03 bits per heavy atom. The van der Waals surface area contributed by atoms with Crippen molar-refractivity contribution >= 4 is 39.1 Å². The monoisotopic (exact) mass is 458 g/mol. The van der Waals surface area contributed by atoms with Crippen molar-refractivity contribution in [2.75, 3.05) is 39.9 Å². The second-order valence-electron chi connectivity index (χ2n) is 6.32. The summed E-state index contributed by atoms with van der Waals surface area (Å²) in [5, 5.41) is 0.812. The van der Waals surface area contributed by atoms with Crippen LogP contribution in [0.5, 0.6) is 11.5 Å². The van der Waals surface area contributed by atoms with Crippen LogP contribution in [0.25, 0.3) is 0 Å². The highest BCUT2D eigenvalue weighted by Gasteiger charge is 2.30. The minimum Gasteiger partial charge on any atom is -0.497 e. The van der Waals surface area contributed by atoms with Crippen LogP contribution in [0.4, 0.5) is 0 Å². The molecule has 2 aromatic carbocycles. The zero-order valence-electron chi connectivity index (χ0n) is 15.7. The molecule has 0 unspecified atom stereocenters. The topological polar surface area (TPSA) is 76.2 Å². The molecule has 0 N–H and O–H groups in total. The molecule has 1 heterocycles. The van der Waals surface area contributed by atoms with E-state index in [0.717, 1.165) is 0 Å². The van der Waals surface area contributed by atoms with Gasteiger partial charge in [0.1, 0.15) is 11.5 Å². The molecule has 1 fully saturated rings. The zero-order chi connectivity index (χ0) is 21.0. The molecule has 0 aromatic heterocycles. The van der Waals surface area contributed by atoms with Gasteiger partial charge in [-0.1, -0.05) is 23.2 Å². The SMILES string of the molecule is COc1ccc(S(=O)(=O)N2CCN(C(=O)COc3cc(Cl)ccc3Cl)CC2)cc1. The second-order valence-corrected chi connectivity index (χ2v) is 9.11. The highest BCUT2D eigenvalue weighted by Crippen LogP contribution is 2.27. The lowest BCUT2D eigenvalue weighted by atomic mass is 10.3. The number of methoxy groups -OCH3 is 1. The Morgan fingerprint density at radius 2 is 1.69 bits per heavy atom. The summed E-state index contributed by atoms with van der Waals surface area (Å²) in [6.45, 7) is 0.767. The Kier molecular flexibility index (Phi) is 6.89. The first-order chi connectivity index (χ1) is 13.8. The van der Waals surface area contributed by atoms with Gasteiger partial charge in [-0.3, -0.25) is 4.79 Å². The largest absolute Gasteiger partial charge is 0.497 e. The molecule has 2 aromatic rings. The van der Waals surface area contributed by atoms with E-state index in [1.54, 1.807) is 29.2 Å². The fourth-order valence-corrected chi connectivity index (χ4v) is 4.65. The molecule has 0 aliphatic carbocycles. The first-order valence-electron chi connectivity index (χ1n) is 8.81. The van der Waals surface area contributed by atoms with Crippen molar-refractivity contribution in [1.29, 1.82) is 0 Å². The van der Waals surface area contributed by atoms with Crippen LogP contribution in [0, 0.1) is 0 Å². The van der Waals surface area contributed by atoms with Crippen LogP contribution in [0.3, 0.4) is 0 Å². The van der Waals surface area contributed by atoms with Crippen LogP contribution in [0.1, 0.15) is 0 Å². The van der Waals surface area contributed by atoms with Gasteiger partial charge in [0.2, 0.25) is 10.0 Å². The maximum absolute atomic E-state index is 12.8. The van der Waals surface area contributed by atoms with Crippen molar-refractivity contribution in [3.8, 4) is 11.5 Å². The van der Waals surface area contributed by atoms with Gasteiger partial charge >= 0.3 is 0 Å². The third-order valence-corrected chi connectivity index (χ3v) is 6.99. The zero-order valence-corrected chi connectivity index (χ0v) is 18.0. The predicted molar refractivity (Wildman–Crippen MR) is 110 cm³/mol. The third-order valence-electron chi connectivity index (χ3n) is 4.53. The summed E-state index contributed by atoms with van der Waals surface area (Å²) in [4.78, 5) is 14.2. The van der Waals surface area contributed by atoms with Crippen LogP contribution >= 0.6 is 23.2 Å². The van der Waals surface area contributed by atoms with Crippen molar-refractivity contribution in [1.82, 2.24) is 9.21 Å². The minimum atomic E-state index is -3.63. The molecule has 3 rings (SSSR count). The molecule has 1 amide bonds. The maximum Gasteiger partial charge on any atom is 0.260 e. The number of ether oxygens (including phenoxy) is 2. The lowest BCUT2D eigenvalue weighted by molar-refractivity contribution is -0.134. The van der Waals surface area contributed by atoms with Crippen LogP contribution in [-0.2, 0) is 14.8 Å². The number of amides is 1. The van der Waals surface area contributed by atoms with Crippen molar-refractivity contribution in [3.05, 3.63) is 52.5 Å². The Bertz CT molecular complexity index is 975. The molecule has 1 saturated heterocycles. The van der Waals surface area contributed by atoms with Crippen molar-refractivity contribution in [2.24, 2.45) is 0 Å². The van der Waals surface area contributed by atoms with Crippen LogP contribution < -0.4 is 9.47 Å². The molecule has 0 spiro atoms. The molecule has 10 heteroatoms. The standard InChI is InChI=1S/C19H20Cl2N2O5S/c1-27-15-3-5-16(6-4-15)29(25,26)23-10-8-22(9-11-23)19(24)13-28-18-12-14(20)2-7-17(18)21/h2-7,12H,8-11,13H2,1H3. The normalized spacial score (nSPS) is 15.2. The van der Waals surface area contributed by atoms with E-state index in [1.807, 2.05) is 0 Å². The smallest absolute Gasteiger partial charge is 0.260 e. The summed E-state index contributed by atoms with van der Waals surface area (Å²) in [5.74, 6) is 0.662. The maximum atomic E-state index is 12.8. The number of carbonyl (C=O) groups excluding carboxylic acids is 1. The molecule has 1 aliphatic rings. The fourth-order valence-electron chi connectivity index (χ4n) is 2.89. The molecule has 0 radical (unpaired) electrons. The molecule has 0 saturated carbocycles. The molecule has 7 nitrogen and oxygen atoms in total. The van der Waals surface area contributed by atoms with E-state index < -0.39 is 10.0 Å². The Hall–Kier alpha value is -2.00. The molecule has 1 aliphatic heterocycles. The lowest BCUT2D eigenvalue weighted by Gasteiger charge is -2.34. The number of nitrogens with zero attached hydrogens (tertiary/aromatic N) is 2. The van der Waals surface area contributed by atoms with Gasteiger partial charge in [0, 0.05) is 37.3 Å². The van der Waals surface area contributed by atoms with E-state index in [-0.39, 0.29) is 43.6 Å². The fraction of sp³-hybridized carbons (Fsp3) is 0.316. The number of hydrogen-bond donors (Lipinski definition) is 0. The summed E-state index contributed by atoms with van der Waals surface area (Å²) < 4.78 is 37.4. The van der Waals surface area contributed by atoms with Gasteiger partial charge in [-0.15, -0.1) is 0 Å². The average Bonchev–Trinajstić information content (AvgIpc) is 2.74. The number of hydrogen-bond acceptors (Lipinski definition) is 5. The summed E-state index contributed by atoms with van der Waals surface area (Å²) in [7, 11) is -2.11. The van der Waals surface area contributed by atoms with Crippen LogP contribution in [0.15, 0.2) is 47.4 Å². The molecule has 0 atom stereocenters. The van der Waals surface area contributed by atoms with E-state index in [4.69, 9.17) is 32.7 Å². The number of piperazine rings is 1. The minimum absolute atomic E-state index is 0.192. The quantitative estimate of drug-likeness (QED) is 0.664. The van der Waals surface area contributed by atoms with Gasteiger partial charge in [-0.2, -0.15) is 4.31 Å². The van der Waals surface area contributed by atoms with Gasteiger partial charge in [-0.25, -0.2) is 8.42 Å². The van der Waals surface area contributed by atoms with Gasteiger partial charge in [0.05, 0.1) is 17.0 Å². The predicted octanol–water partition coefficient (Wildman–Crippen LogP) is 2.91. The van der Waals surface area contributed by atoms with E-state index in [9.17, 15) is 13.2 Å². The Balaban J connectivity index is 1.56. The van der Waals surface area contributed by atoms with Gasteiger partial charge in [0.25, 0.3) is 5.91 Å². The number of halogens is 2. The summed E-state index contributed by atoms with van der Waals surface area (Å²) in [6, 6.07) is 11.0. The van der Waals surface area contributed by atoms with Crippen LogP contribution in [-0.4, -0.2) is 63.4 Å². The Morgan fingerprint density at radius 3 is 2.31 bits per heavy atom. The molecule has 156 valence electrons. The number of sulfonamides is 1. The summed E-state index contributed by atoms with van der Waals surface area (Å²) >= 11 is 11.9. The van der Waals surface area contributed by atoms with Crippen molar-refractivity contribution in [2.45, 2.75) is 4.90 Å². The van der Waals surface area contributed by atoms with Crippen molar-refractivity contribution in [3.63, 3.8) is 0 Å². The average molecular weight is 459 g/mol. The van der Waals surface area contributed by atoms with Crippen LogP contribution in [0.2, 0.25) is 10.0 Å². The summed E-state index contributed by atoms with van der Waals surface area (Å²) in [6.07, 6.45) is 0. The highest BCUT2D eigenvalue weighted by atomic mass is 35.5. The lowest BCUT2D eigenvalue weighted by Crippen LogP contribution is -2.51.